The molecule has 0 spiro atoms. The first-order valence-electron chi connectivity index (χ1n) is 10.1. The number of nitrogens with one attached hydrogen (secondary N) is 1. The lowest BCUT2D eigenvalue weighted by molar-refractivity contribution is -0.125. The average Bonchev–Trinajstić information content (AvgIpc) is 3.21. The number of hydrogen-bond acceptors (Lipinski definition) is 4. The summed E-state index contributed by atoms with van der Waals surface area (Å²) in [6.45, 7) is 6.42. The van der Waals surface area contributed by atoms with E-state index in [2.05, 4.69) is 16.9 Å². The van der Waals surface area contributed by atoms with Crippen LogP contribution >= 0.6 is 23.2 Å². The van der Waals surface area contributed by atoms with Gasteiger partial charge in [0.05, 0.1) is 32.8 Å². The van der Waals surface area contributed by atoms with Crippen LogP contribution in [0.25, 0.3) is 10.9 Å². The second kappa shape index (κ2) is 8.56. The molecule has 0 aliphatic carbocycles. The highest BCUT2D eigenvalue weighted by molar-refractivity contribution is 6.42. The van der Waals surface area contributed by atoms with E-state index < -0.39 is 11.4 Å². The number of carbonyl (C=O) groups is 1. The summed E-state index contributed by atoms with van der Waals surface area (Å²) in [7, 11) is 0. The number of likely N-dealkylation sites (tertiary alicyclic amines) is 1. The van der Waals surface area contributed by atoms with E-state index in [0.29, 0.717) is 36.1 Å². The van der Waals surface area contributed by atoms with Crippen molar-refractivity contribution >= 4 is 45.7 Å². The van der Waals surface area contributed by atoms with Gasteiger partial charge in [0, 0.05) is 30.9 Å². The number of amides is 1. The summed E-state index contributed by atoms with van der Waals surface area (Å²) in [6, 6.07) is 7.83. The average molecular weight is 475 g/mol. The number of nitrogens with zero attached hydrogens (tertiary/aromatic N) is 3. The van der Waals surface area contributed by atoms with Crippen molar-refractivity contribution in [1.82, 2.24) is 14.5 Å². The zero-order valence-electron chi connectivity index (χ0n) is 17.4. The summed E-state index contributed by atoms with van der Waals surface area (Å²) < 4.78 is 16.6. The fraction of sp³-hybridized carbons (Fsp3) is 0.261. The molecule has 6 nitrogen and oxygen atoms in total. The Labute approximate surface area is 194 Å². The van der Waals surface area contributed by atoms with Crippen molar-refractivity contribution in [3.63, 3.8) is 0 Å². The lowest BCUT2D eigenvalue weighted by atomic mass is 9.87. The van der Waals surface area contributed by atoms with E-state index in [0.717, 1.165) is 0 Å². The van der Waals surface area contributed by atoms with Gasteiger partial charge in [-0.3, -0.25) is 14.2 Å². The van der Waals surface area contributed by atoms with E-state index in [-0.39, 0.29) is 33.6 Å². The second-order valence-corrected chi connectivity index (χ2v) is 8.49. The van der Waals surface area contributed by atoms with Gasteiger partial charge in [-0.1, -0.05) is 29.8 Å². The maximum absolute atomic E-state index is 15.1. The first kappa shape index (κ1) is 22.3. The summed E-state index contributed by atoms with van der Waals surface area (Å²) in [4.78, 5) is 30.9. The quantitative estimate of drug-likeness (QED) is 0.433. The number of aryl methyl sites for hydroxylation is 1. The molecular weight excluding hydrogens is 454 g/mol. The highest BCUT2D eigenvalue weighted by Crippen LogP contribution is 2.43. The number of carbonyl (C=O) groups excluding carboxylic acids is 1. The molecule has 1 atom stereocenters. The maximum Gasteiger partial charge on any atom is 0.261 e. The molecule has 1 N–H and O–H groups in total. The molecule has 3 aromatic rings. The van der Waals surface area contributed by atoms with Crippen molar-refractivity contribution in [2.24, 2.45) is 0 Å². The molecule has 32 heavy (non-hydrogen) atoms. The van der Waals surface area contributed by atoms with Crippen LogP contribution in [0.3, 0.4) is 0 Å². The Balaban J connectivity index is 1.85. The molecule has 4 rings (SSSR count). The molecule has 1 aliphatic rings. The minimum atomic E-state index is -1.05. The molecule has 1 amide bonds. The van der Waals surface area contributed by atoms with Crippen LogP contribution in [-0.4, -0.2) is 33.4 Å². The number of halogens is 3. The van der Waals surface area contributed by atoms with Crippen molar-refractivity contribution in [2.45, 2.75) is 25.4 Å². The monoisotopic (exact) mass is 474 g/mol. The predicted molar refractivity (Wildman–Crippen MR) is 125 cm³/mol. The Morgan fingerprint density at radius 2 is 2.12 bits per heavy atom. The van der Waals surface area contributed by atoms with E-state index in [9.17, 15) is 9.59 Å². The number of aromatic nitrogens is 2. The zero-order chi connectivity index (χ0) is 23.0. The number of rotatable bonds is 5. The molecule has 1 aliphatic heterocycles. The van der Waals surface area contributed by atoms with Gasteiger partial charge in [-0.05, 0) is 49.8 Å². The lowest BCUT2D eigenvalue weighted by Crippen LogP contribution is -2.41. The van der Waals surface area contributed by atoms with Crippen molar-refractivity contribution in [3.8, 4) is 0 Å². The third kappa shape index (κ3) is 3.76. The molecule has 0 radical (unpaired) electrons. The minimum Gasteiger partial charge on any atom is -0.374 e. The highest BCUT2D eigenvalue weighted by Gasteiger charge is 2.44. The van der Waals surface area contributed by atoms with Crippen LogP contribution in [0, 0.1) is 5.82 Å². The summed E-state index contributed by atoms with van der Waals surface area (Å²) in [6.07, 6.45) is 3.12. The molecular formula is C23H21Cl2FN4O2. The highest BCUT2D eigenvalue weighted by atomic mass is 35.5. The molecule has 9 heteroatoms. The molecule has 1 unspecified atom stereocenters. The summed E-state index contributed by atoms with van der Waals surface area (Å²) in [5.74, 6) is -0.795. The summed E-state index contributed by atoms with van der Waals surface area (Å²) >= 11 is 12.7. The first-order valence-corrected chi connectivity index (χ1v) is 10.9. The van der Waals surface area contributed by atoms with Crippen LogP contribution in [0.4, 0.5) is 10.1 Å². The molecule has 166 valence electrons. The molecule has 1 aromatic heterocycles. The van der Waals surface area contributed by atoms with E-state index in [4.69, 9.17) is 23.2 Å². The van der Waals surface area contributed by atoms with Crippen LogP contribution in [0.15, 0.2) is 54.1 Å². The normalized spacial score (nSPS) is 18.2. The lowest BCUT2D eigenvalue weighted by Gasteiger charge is -2.33. The van der Waals surface area contributed by atoms with Gasteiger partial charge >= 0.3 is 0 Å². The Morgan fingerprint density at radius 3 is 2.84 bits per heavy atom. The Morgan fingerprint density at radius 1 is 1.34 bits per heavy atom. The molecule has 0 saturated carbocycles. The van der Waals surface area contributed by atoms with E-state index in [1.165, 1.54) is 29.1 Å². The standard InChI is InChI=1S/C23H21Cl2FN4O2/c1-3-19(31)30-10-9-23(12-30,20-17(26)7-6-16(24)21(20)25)28-14-5-8-18-15(11-14)22(32)29(4-2)13-27-18/h3,5-8,11,13,28H,1,4,9-10,12H2,2H3. The topological polar surface area (TPSA) is 67.2 Å². The van der Waals surface area contributed by atoms with E-state index >= 15 is 4.39 Å². The summed E-state index contributed by atoms with van der Waals surface area (Å²) in [5, 5.41) is 4.09. The van der Waals surface area contributed by atoms with Crippen LogP contribution in [0.5, 0.6) is 0 Å². The summed E-state index contributed by atoms with van der Waals surface area (Å²) in [5.41, 5.74) is 0.0970. The minimum absolute atomic E-state index is 0.0860. The predicted octanol–water partition coefficient (Wildman–Crippen LogP) is 4.59. The number of benzene rings is 2. The number of fused-ring (bicyclic) bond motifs is 1. The van der Waals surface area contributed by atoms with Gasteiger partial charge in [-0.15, -0.1) is 0 Å². The van der Waals surface area contributed by atoms with Crippen LogP contribution in [-0.2, 0) is 16.9 Å². The van der Waals surface area contributed by atoms with Crippen LogP contribution < -0.4 is 10.9 Å². The third-order valence-corrected chi connectivity index (χ3v) is 6.63. The van der Waals surface area contributed by atoms with E-state index in [1.807, 2.05) is 6.92 Å². The second-order valence-electron chi connectivity index (χ2n) is 7.71. The van der Waals surface area contributed by atoms with Gasteiger partial charge in [0.15, 0.2) is 0 Å². The largest absolute Gasteiger partial charge is 0.374 e. The Hall–Kier alpha value is -2.90. The number of anilines is 1. The molecule has 2 aromatic carbocycles. The van der Waals surface area contributed by atoms with Crippen molar-refractivity contribution in [2.75, 3.05) is 18.4 Å². The molecule has 2 heterocycles. The Kier molecular flexibility index (Phi) is 5.97. The van der Waals surface area contributed by atoms with Gasteiger partial charge in [0.1, 0.15) is 5.82 Å². The molecule has 1 saturated heterocycles. The van der Waals surface area contributed by atoms with Crippen LogP contribution in [0.1, 0.15) is 18.9 Å². The smallest absolute Gasteiger partial charge is 0.261 e. The van der Waals surface area contributed by atoms with Gasteiger partial charge < -0.3 is 10.2 Å². The zero-order valence-corrected chi connectivity index (χ0v) is 18.9. The molecule has 1 fully saturated rings. The maximum atomic E-state index is 15.1. The Bertz CT molecular complexity index is 1290. The fourth-order valence-corrected chi connectivity index (χ4v) is 4.69. The van der Waals surface area contributed by atoms with Crippen molar-refractivity contribution in [1.29, 1.82) is 0 Å². The first-order chi connectivity index (χ1) is 15.3. The van der Waals surface area contributed by atoms with E-state index in [1.54, 1.807) is 23.1 Å². The van der Waals surface area contributed by atoms with Crippen molar-refractivity contribution in [3.05, 3.63) is 81.1 Å². The van der Waals surface area contributed by atoms with Gasteiger partial charge in [-0.25, -0.2) is 9.37 Å². The molecule has 0 bridgehead atoms. The van der Waals surface area contributed by atoms with Crippen LogP contribution in [0.2, 0.25) is 10.0 Å². The number of hydrogen-bond donors (Lipinski definition) is 1. The van der Waals surface area contributed by atoms with Crippen molar-refractivity contribution < 1.29 is 9.18 Å². The fourth-order valence-electron chi connectivity index (χ4n) is 4.20. The SMILES string of the molecule is C=CC(=O)N1CCC(Nc2ccc3ncn(CC)c(=O)c3c2)(c2c(F)ccc(Cl)c2Cl)C1. The third-order valence-electron chi connectivity index (χ3n) is 5.83. The van der Waals surface area contributed by atoms with Gasteiger partial charge in [0.2, 0.25) is 5.91 Å². The van der Waals surface area contributed by atoms with Gasteiger partial charge in [-0.2, -0.15) is 0 Å². The van der Waals surface area contributed by atoms with Gasteiger partial charge in [0.25, 0.3) is 5.56 Å².